The summed E-state index contributed by atoms with van der Waals surface area (Å²) >= 11 is 4.63. The van der Waals surface area contributed by atoms with Gasteiger partial charge in [-0.2, -0.15) is 4.98 Å². The summed E-state index contributed by atoms with van der Waals surface area (Å²) < 4.78 is 15.7. The van der Waals surface area contributed by atoms with E-state index in [1.165, 1.54) is 23.4 Å². The second-order valence-corrected chi connectivity index (χ2v) is 9.01. The van der Waals surface area contributed by atoms with Crippen molar-refractivity contribution < 1.29 is 9.18 Å². The Bertz CT molecular complexity index is 1210. The Morgan fingerprint density at radius 1 is 1.27 bits per heavy atom. The van der Waals surface area contributed by atoms with Gasteiger partial charge in [-0.3, -0.25) is 9.59 Å². The topological polar surface area (TPSA) is 64.0 Å². The summed E-state index contributed by atoms with van der Waals surface area (Å²) in [7, 11) is 1.79. The van der Waals surface area contributed by atoms with Crippen molar-refractivity contribution in [2.75, 3.05) is 5.32 Å². The van der Waals surface area contributed by atoms with Gasteiger partial charge < -0.3 is 9.88 Å². The van der Waals surface area contributed by atoms with E-state index < -0.39 is 11.7 Å². The second kappa shape index (κ2) is 8.35. The van der Waals surface area contributed by atoms with E-state index in [1.54, 1.807) is 23.7 Å². The summed E-state index contributed by atoms with van der Waals surface area (Å²) in [5, 5.41) is 3.36. The molecule has 0 unspecified atom stereocenters. The maximum Gasteiger partial charge on any atom is 0.279 e. The van der Waals surface area contributed by atoms with Crippen LogP contribution in [0.4, 0.5) is 10.2 Å². The molecule has 0 bridgehead atoms. The molecule has 0 radical (unpaired) electrons. The fraction of sp³-hybridized carbons (Fsp3) is 0.227. The highest BCUT2D eigenvalue weighted by Gasteiger charge is 2.32. The zero-order chi connectivity index (χ0) is 21.4. The van der Waals surface area contributed by atoms with E-state index in [9.17, 15) is 14.0 Å². The number of nitrogens with zero attached hydrogens (tertiary/aromatic N) is 2. The van der Waals surface area contributed by atoms with Crippen molar-refractivity contribution >= 4 is 39.4 Å². The van der Waals surface area contributed by atoms with E-state index in [-0.39, 0.29) is 17.9 Å². The van der Waals surface area contributed by atoms with Crippen LogP contribution in [-0.2, 0) is 17.6 Å². The van der Waals surface area contributed by atoms with Crippen LogP contribution in [0.3, 0.4) is 0 Å². The first-order valence-corrected chi connectivity index (χ1v) is 11.2. The number of rotatable bonds is 4. The molecule has 8 heteroatoms. The zero-order valence-corrected chi connectivity index (χ0v) is 18.8. The Labute approximate surface area is 185 Å². The highest BCUT2D eigenvalue weighted by Crippen LogP contribution is 2.37. The molecule has 0 aliphatic carbocycles. The molecule has 5 nitrogen and oxygen atoms in total. The number of halogens is 2. The van der Waals surface area contributed by atoms with Crippen molar-refractivity contribution in [2.45, 2.75) is 30.2 Å². The van der Waals surface area contributed by atoms with Crippen molar-refractivity contribution in [2.24, 2.45) is 7.05 Å². The Morgan fingerprint density at radius 2 is 2.03 bits per heavy atom. The van der Waals surface area contributed by atoms with Gasteiger partial charge in [-0.15, -0.1) is 0 Å². The van der Waals surface area contributed by atoms with Crippen LogP contribution in [0.1, 0.15) is 34.6 Å². The van der Waals surface area contributed by atoms with E-state index in [0.717, 1.165) is 5.56 Å². The highest BCUT2D eigenvalue weighted by atomic mass is 79.9. The van der Waals surface area contributed by atoms with Crippen molar-refractivity contribution in [1.29, 1.82) is 0 Å². The number of thioether (sulfide) groups is 1. The summed E-state index contributed by atoms with van der Waals surface area (Å²) in [4.78, 5) is 29.7. The molecule has 0 fully saturated rings. The molecular weight excluding hydrogens is 469 g/mol. The number of carbonyl (C=O) groups is 1. The van der Waals surface area contributed by atoms with E-state index in [4.69, 9.17) is 0 Å². The summed E-state index contributed by atoms with van der Waals surface area (Å²) in [5.74, 6) is 0.0436. The lowest BCUT2D eigenvalue weighted by Crippen LogP contribution is -2.33. The molecule has 1 aliphatic rings. The number of fused-ring (bicyclic) bond motifs is 1. The summed E-state index contributed by atoms with van der Waals surface area (Å²) in [5.41, 5.74) is 3.08. The number of aryl methyl sites for hydroxylation is 1. The zero-order valence-electron chi connectivity index (χ0n) is 16.4. The monoisotopic (exact) mass is 487 g/mol. The maximum absolute atomic E-state index is 13.7. The Balaban J connectivity index is 1.74. The van der Waals surface area contributed by atoms with Gasteiger partial charge >= 0.3 is 0 Å². The van der Waals surface area contributed by atoms with E-state index >= 15 is 0 Å². The summed E-state index contributed by atoms with van der Waals surface area (Å²) in [6, 6.07) is 12.6. The average molecular weight is 488 g/mol. The van der Waals surface area contributed by atoms with Gasteiger partial charge in [0.25, 0.3) is 5.56 Å². The van der Waals surface area contributed by atoms with E-state index in [2.05, 4.69) is 26.2 Å². The highest BCUT2D eigenvalue weighted by molar-refractivity contribution is 9.10. The minimum atomic E-state index is -0.479. The molecule has 1 aromatic heterocycles. The minimum Gasteiger partial charge on any atom is -0.312 e. The largest absolute Gasteiger partial charge is 0.312 e. The number of aromatic nitrogens is 2. The number of amides is 1. The van der Waals surface area contributed by atoms with Crippen molar-refractivity contribution in [3.8, 4) is 0 Å². The average Bonchev–Trinajstić information content (AvgIpc) is 2.72. The molecule has 1 N–H and O–H groups in total. The second-order valence-electron chi connectivity index (χ2n) is 7.21. The molecule has 4 rings (SSSR count). The lowest BCUT2D eigenvalue weighted by molar-refractivity contribution is -0.116. The number of carbonyl (C=O) groups excluding carboxylic acids is 1. The number of nitrogens with one attached hydrogen (secondary N) is 1. The lowest BCUT2D eigenvalue weighted by atomic mass is 9.87. The fourth-order valence-electron chi connectivity index (χ4n) is 3.59. The van der Waals surface area contributed by atoms with Crippen molar-refractivity contribution in [3.63, 3.8) is 0 Å². The SMILES string of the molecule is Cc1ccccc1CSc1nc(=O)c2c(n1C)NC(=O)C[C@H]2c1ccc(F)c(Br)c1. The number of benzene rings is 2. The first kappa shape index (κ1) is 20.8. The molecule has 30 heavy (non-hydrogen) atoms. The third-order valence-electron chi connectivity index (χ3n) is 5.26. The van der Waals surface area contributed by atoms with E-state index in [0.29, 0.717) is 32.3 Å². The van der Waals surface area contributed by atoms with Crippen LogP contribution in [0.25, 0.3) is 0 Å². The van der Waals surface area contributed by atoms with Crippen LogP contribution in [0.2, 0.25) is 0 Å². The predicted octanol–water partition coefficient (Wildman–Crippen LogP) is 4.76. The summed E-state index contributed by atoms with van der Waals surface area (Å²) in [6.45, 7) is 2.04. The molecular formula is C22H19BrFN3O2S. The maximum atomic E-state index is 13.7. The molecule has 0 saturated carbocycles. The number of anilines is 1. The van der Waals surface area contributed by atoms with Gasteiger partial charge in [-0.1, -0.05) is 42.1 Å². The van der Waals surface area contributed by atoms with Gasteiger partial charge in [-0.05, 0) is 51.7 Å². The number of hydrogen-bond acceptors (Lipinski definition) is 4. The van der Waals surface area contributed by atoms with Gasteiger partial charge in [0, 0.05) is 25.1 Å². The first-order valence-electron chi connectivity index (χ1n) is 9.38. The van der Waals surface area contributed by atoms with Crippen LogP contribution >= 0.6 is 27.7 Å². The molecule has 0 spiro atoms. The smallest absolute Gasteiger partial charge is 0.279 e. The Kier molecular flexibility index (Phi) is 5.79. The Morgan fingerprint density at radius 3 is 2.77 bits per heavy atom. The molecule has 1 amide bonds. The number of hydrogen-bond donors (Lipinski definition) is 1. The quantitative estimate of drug-likeness (QED) is 0.425. The lowest BCUT2D eigenvalue weighted by Gasteiger charge is -2.27. The van der Waals surface area contributed by atoms with Crippen LogP contribution < -0.4 is 10.9 Å². The molecule has 154 valence electrons. The third kappa shape index (κ3) is 3.94. The van der Waals surface area contributed by atoms with Crippen LogP contribution in [0.15, 0.2) is 56.9 Å². The molecule has 3 aromatic rings. The predicted molar refractivity (Wildman–Crippen MR) is 119 cm³/mol. The Hall–Kier alpha value is -2.45. The first-order chi connectivity index (χ1) is 14.3. The van der Waals surface area contributed by atoms with Crippen molar-refractivity contribution in [3.05, 3.63) is 85.4 Å². The van der Waals surface area contributed by atoms with Crippen LogP contribution in [0.5, 0.6) is 0 Å². The van der Waals surface area contributed by atoms with Crippen LogP contribution in [0, 0.1) is 12.7 Å². The van der Waals surface area contributed by atoms with Gasteiger partial charge in [-0.25, -0.2) is 4.39 Å². The van der Waals surface area contributed by atoms with Gasteiger partial charge in [0.05, 0.1) is 10.0 Å². The molecule has 1 atom stereocenters. The minimum absolute atomic E-state index is 0.109. The molecule has 0 saturated heterocycles. The van der Waals surface area contributed by atoms with Gasteiger partial charge in [0.15, 0.2) is 5.16 Å². The van der Waals surface area contributed by atoms with Gasteiger partial charge in [0.2, 0.25) is 5.91 Å². The molecule has 1 aliphatic heterocycles. The van der Waals surface area contributed by atoms with Crippen LogP contribution in [-0.4, -0.2) is 15.5 Å². The standard InChI is InChI=1S/C22H19BrFN3O2S/c1-12-5-3-4-6-14(12)11-30-22-26-21(29)19-15(10-18(28)25-20(19)27(22)2)13-7-8-17(24)16(23)9-13/h3-9,15H,10-11H2,1-2H3,(H,25,28)/t15-/m0/s1. The third-order valence-corrected chi connectivity index (χ3v) is 6.95. The van der Waals surface area contributed by atoms with Gasteiger partial charge in [0.1, 0.15) is 11.6 Å². The fourth-order valence-corrected chi connectivity index (χ4v) is 5.03. The molecule has 2 aromatic carbocycles. The van der Waals surface area contributed by atoms with Crippen molar-refractivity contribution in [1.82, 2.24) is 9.55 Å². The normalized spacial score (nSPS) is 15.6. The summed E-state index contributed by atoms with van der Waals surface area (Å²) in [6.07, 6.45) is 0.109. The van der Waals surface area contributed by atoms with E-state index in [1.807, 2.05) is 31.2 Å². The molecule has 2 heterocycles.